The van der Waals surface area contributed by atoms with E-state index in [0.29, 0.717) is 11.1 Å². The van der Waals surface area contributed by atoms with Crippen molar-refractivity contribution in [3.63, 3.8) is 0 Å². The van der Waals surface area contributed by atoms with Gasteiger partial charge in [-0.15, -0.1) is 0 Å². The van der Waals surface area contributed by atoms with Crippen LogP contribution in [0.2, 0.25) is 0 Å². The van der Waals surface area contributed by atoms with Gasteiger partial charge in [0.25, 0.3) is 0 Å². The highest BCUT2D eigenvalue weighted by atomic mass is 16.3. The molecule has 0 aliphatic rings. The Morgan fingerprint density at radius 3 is 1.54 bits per heavy atom. The molecule has 57 heavy (non-hydrogen) atoms. The highest BCUT2D eigenvalue weighted by molar-refractivity contribution is 6.10. The quantitative estimate of drug-likeness (QED) is 0.138. The molecule has 0 amide bonds. The molecule has 4 aromatic heterocycles. The lowest BCUT2D eigenvalue weighted by atomic mass is 9.97. The SMILES string of the molecule is N#Cc1cccc2c1oc1c(-c3ccc(C#Cc4cc(CCc5ccc(-c6ccccc6)nc5)cc(CCc5ccc(-c6ccccc6)nc5)c4)cn3)cccc12. The van der Waals surface area contributed by atoms with Crippen molar-refractivity contribution >= 4 is 21.9 Å². The second-order valence-electron chi connectivity index (χ2n) is 14.1. The molecule has 0 saturated carbocycles. The Balaban J connectivity index is 0.959. The first-order valence-corrected chi connectivity index (χ1v) is 19.1. The van der Waals surface area contributed by atoms with Crippen LogP contribution in [0.3, 0.4) is 0 Å². The molecule has 5 nitrogen and oxygen atoms in total. The van der Waals surface area contributed by atoms with Gasteiger partial charge in [0.15, 0.2) is 5.58 Å². The normalized spacial score (nSPS) is 10.9. The van der Waals surface area contributed by atoms with Crippen LogP contribution in [-0.4, -0.2) is 15.0 Å². The van der Waals surface area contributed by atoms with Crippen LogP contribution in [-0.2, 0) is 25.7 Å². The number of hydrogen-bond acceptors (Lipinski definition) is 5. The maximum absolute atomic E-state index is 9.63. The first kappa shape index (κ1) is 35.1. The Morgan fingerprint density at radius 1 is 0.439 bits per heavy atom. The van der Waals surface area contributed by atoms with Gasteiger partial charge in [0.1, 0.15) is 11.7 Å². The van der Waals surface area contributed by atoms with E-state index in [2.05, 4.69) is 84.6 Å². The number of fused-ring (bicyclic) bond motifs is 3. The van der Waals surface area contributed by atoms with E-state index in [4.69, 9.17) is 19.4 Å². The van der Waals surface area contributed by atoms with Gasteiger partial charge in [0.05, 0.1) is 22.6 Å². The van der Waals surface area contributed by atoms with Gasteiger partial charge in [0.2, 0.25) is 0 Å². The minimum Gasteiger partial charge on any atom is -0.454 e. The van der Waals surface area contributed by atoms with Crippen LogP contribution in [0, 0.1) is 23.2 Å². The van der Waals surface area contributed by atoms with E-state index in [9.17, 15) is 5.26 Å². The van der Waals surface area contributed by atoms with Crippen LogP contribution in [0.1, 0.15) is 38.9 Å². The van der Waals surface area contributed by atoms with Crippen LogP contribution >= 0.6 is 0 Å². The lowest BCUT2D eigenvalue weighted by Crippen LogP contribution is -1.98. The zero-order valence-electron chi connectivity index (χ0n) is 31.2. The van der Waals surface area contributed by atoms with Crippen molar-refractivity contribution in [1.29, 1.82) is 5.26 Å². The smallest absolute Gasteiger partial charge is 0.153 e. The number of pyridine rings is 3. The molecule has 5 aromatic carbocycles. The number of furan rings is 1. The Labute approximate surface area is 332 Å². The molecule has 4 heterocycles. The summed E-state index contributed by atoms with van der Waals surface area (Å²) in [7, 11) is 0. The number of para-hydroxylation sites is 2. The Hall–Kier alpha value is -7.60. The third-order valence-corrected chi connectivity index (χ3v) is 10.3. The number of hydrogen-bond donors (Lipinski definition) is 0. The minimum absolute atomic E-state index is 0.518. The highest BCUT2D eigenvalue weighted by Gasteiger charge is 2.15. The monoisotopic (exact) mass is 732 g/mol. The number of aromatic nitrogens is 3. The van der Waals surface area contributed by atoms with Crippen molar-refractivity contribution in [2.45, 2.75) is 25.7 Å². The molecular formula is C52H36N4O. The van der Waals surface area contributed by atoms with Crippen LogP contribution in [0.5, 0.6) is 0 Å². The first-order chi connectivity index (χ1) is 28.2. The first-order valence-electron chi connectivity index (χ1n) is 19.1. The summed E-state index contributed by atoms with van der Waals surface area (Å²) in [6.07, 6.45) is 9.31. The second-order valence-corrected chi connectivity index (χ2v) is 14.1. The fourth-order valence-electron chi connectivity index (χ4n) is 7.29. The van der Waals surface area contributed by atoms with Crippen LogP contribution in [0.15, 0.2) is 175 Å². The van der Waals surface area contributed by atoms with Crippen molar-refractivity contribution in [1.82, 2.24) is 15.0 Å². The van der Waals surface area contributed by atoms with E-state index in [1.54, 1.807) is 6.07 Å². The van der Waals surface area contributed by atoms with Crippen molar-refractivity contribution in [3.8, 4) is 51.7 Å². The molecule has 0 N–H and O–H groups in total. The van der Waals surface area contributed by atoms with E-state index in [0.717, 1.165) is 86.9 Å². The zero-order chi connectivity index (χ0) is 38.4. The molecule has 0 fully saturated rings. The molecule has 0 aliphatic heterocycles. The van der Waals surface area contributed by atoms with Gasteiger partial charge in [-0.25, -0.2) is 0 Å². The fraction of sp³-hybridized carbons (Fsp3) is 0.0769. The molecule has 9 rings (SSSR count). The van der Waals surface area contributed by atoms with E-state index in [1.165, 1.54) is 22.3 Å². The lowest BCUT2D eigenvalue weighted by molar-refractivity contribution is 0.668. The summed E-state index contributed by atoms with van der Waals surface area (Å²) in [6.45, 7) is 0. The van der Waals surface area contributed by atoms with Crippen LogP contribution < -0.4 is 0 Å². The van der Waals surface area contributed by atoms with Gasteiger partial charge in [0, 0.05) is 57.2 Å². The van der Waals surface area contributed by atoms with E-state index in [1.807, 2.05) is 97.5 Å². The summed E-state index contributed by atoms with van der Waals surface area (Å²) in [5.74, 6) is 6.81. The van der Waals surface area contributed by atoms with Crippen molar-refractivity contribution in [2.24, 2.45) is 0 Å². The Morgan fingerprint density at radius 2 is 0.982 bits per heavy atom. The van der Waals surface area contributed by atoms with Crippen molar-refractivity contribution < 1.29 is 4.42 Å². The number of nitriles is 1. The molecule has 9 aromatic rings. The van der Waals surface area contributed by atoms with Crippen molar-refractivity contribution in [2.75, 3.05) is 0 Å². The number of benzene rings is 5. The molecule has 0 unspecified atom stereocenters. The lowest BCUT2D eigenvalue weighted by Gasteiger charge is -2.09. The predicted octanol–water partition coefficient (Wildman–Crippen LogP) is 11.6. The highest BCUT2D eigenvalue weighted by Crippen LogP contribution is 2.36. The maximum atomic E-state index is 9.63. The topological polar surface area (TPSA) is 75.6 Å². The number of rotatable bonds is 9. The van der Waals surface area contributed by atoms with E-state index in [-0.39, 0.29) is 0 Å². The van der Waals surface area contributed by atoms with E-state index >= 15 is 0 Å². The Kier molecular flexibility index (Phi) is 9.87. The summed E-state index contributed by atoms with van der Waals surface area (Å²) in [6, 6.07) is 53.7. The average molecular weight is 733 g/mol. The Bertz CT molecular complexity index is 2830. The number of nitrogens with zero attached hydrogens (tertiary/aromatic N) is 4. The summed E-state index contributed by atoms with van der Waals surface area (Å²) in [4.78, 5) is 14.3. The van der Waals surface area contributed by atoms with Crippen LogP contribution in [0.4, 0.5) is 0 Å². The summed E-state index contributed by atoms with van der Waals surface area (Å²) < 4.78 is 6.26. The standard InChI is InChI=1S/C52H36N4O/c53-32-44-13-7-14-45-46-15-8-16-47(52(46)57-51(44)45)50-28-25-38(35-56-50)19-22-41-30-39(20-17-36-23-26-48(54-33-36)42-9-3-1-4-10-42)29-40(31-41)21-18-37-24-27-49(55-34-37)43-11-5-2-6-12-43/h1-16,23-31,33-35H,17-18,20-21H2. The third-order valence-electron chi connectivity index (χ3n) is 10.3. The molecule has 0 bridgehead atoms. The summed E-state index contributed by atoms with van der Waals surface area (Å²) >= 11 is 0. The van der Waals surface area contributed by atoms with Crippen molar-refractivity contribution in [3.05, 3.63) is 209 Å². The maximum Gasteiger partial charge on any atom is 0.153 e. The summed E-state index contributed by atoms with van der Waals surface area (Å²) in [5, 5.41) is 11.5. The van der Waals surface area contributed by atoms with E-state index < -0.39 is 0 Å². The molecule has 270 valence electrons. The molecule has 0 radical (unpaired) electrons. The molecule has 5 heteroatoms. The minimum atomic E-state index is 0.518. The van der Waals surface area contributed by atoms with Gasteiger partial charge < -0.3 is 4.42 Å². The number of aryl methyl sites for hydroxylation is 4. The molecule has 0 aliphatic carbocycles. The largest absolute Gasteiger partial charge is 0.454 e. The van der Waals surface area contributed by atoms with Gasteiger partial charge in [-0.05, 0) is 96.5 Å². The molecular weight excluding hydrogens is 697 g/mol. The second kappa shape index (κ2) is 16.0. The van der Waals surface area contributed by atoms with Crippen LogP contribution in [0.25, 0.3) is 55.7 Å². The van der Waals surface area contributed by atoms with Gasteiger partial charge in [-0.1, -0.05) is 115 Å². The van der Waals surface area contributed by atoms with Gasteiger partial charge in [-0.2, -0.15) is 5.26 Å². The fourth-order valence-corrected chi connectivity index (χ4v) is 7.29. The zero-order valence-corrected chi connectivity index (χ0v) is 31.2. The predicted molar refractivity (Wildman–Crippen MR) is 228 cm³/mol. The summed E-state index contributed by atoms with van der Waals surface area (Å²) in [5.41, 5.74) is 14.4. The molecule has 0 spiro atoms. The van der Waals surface area contributed by atoms with Gasteiger partial charge >= 0.3 is 0 Å². The molecule has 0 atom stereocenters. The third kappa shape index (κ3) is 7.82. The van der Waals surface area contributed by atoms with Gasteiger partial charge in [-0.3, -0.25) is 15.0 Å². The molecule has 0 saturated heterocycles. The average Bonchev–Trinajstić information content (AvgIpc) is 3.67.